The molecule has 21 heavy (non-hydrogen) atoms. The van der Waals surface area contributed by atoms with Gasteiger partial charge in [0.25, 0.3) is 0 Å². The van der Waals surface area contributed by atoms with Crippen molar-refractivity contribution in [2.24, 2.45) is 0 Å². The largest absolute Gasteiger partial charge is 0.360 e. The Kier molecular flexibility index (Phi) is 5.51. The molecule has 0 aliphatic carbocycles. The van der Waals surface area contributed by atoms with E-state index in [0.29, 0.717) is 19.6 Å². The van der Waals surface area contributed by atoms with E-state index in [4.69, 9.17) is 4.52 Å². The normalized spacial score (nSPS) is 10.8. The number of likely N-dealkylation sites (N-methyl/N-ethyl adjacent to an activating group) is 1. The number of aryl methyl sites for hydroxylation is 1. The van der Waals surface area contributed by atoms with E-state index in [1.807, 2.05) is 43.1 Å². The number of aromatic nitrogens is 1. The van der Waals surface area contributed by atoms with Crippen molar-refractivity contribution in [1.82, 2.24) is 15.4 Å². The third-order valence-corrected chi connectivity index (χ3v) is 3.09. The Labute approximate surface area is 124 Å². The van der Waals surface area contributed by atoms with Gasteiger partial charge in [0.1, 0.15) is 0 Å². The van der Waals surface area contributed by atoms with Crippen molar-refractivity contribution in [3.8, 4) is 0 Å². The minimum Gasteiger partial charge on any atom is -0.360 e. The molecule has 0 spiro atoms. The summed E-state index contributed by atoms with van der Waals surface area (Å²) in [7, 11) is 1.88. The molecule has 1 aromatic heterocycles. The highest BCUT2D eigenvalue weighted by molar-refractivity contribution is 5.77. The van der Waals surface area contributed by atoms with Crippen molar-refractivity contribution in [1.29, 1.82) is 0 Å². The third-order valence-electron chi connectivity index (χ3n) is 3.09. The monoisotopic (exact) mass is 287 g/mol. The lowest BCUT2D eigenvalue weighted by Gasteiger charge is -2.14. The first-order valence-electron chi connectivity index (χ1n) is 7.05. The van der Waals surface area contributed by atoms with Crippen molar-refractivity contribution in [2.75, 3.05) is 20.1 Å². The van der Waals surface area contributed by atoms with Gasteiger partial charge in [0.15, 0.2) is 5.76 Å². The number of benzene rings is 1. The SMILES string of the molecule is Cc1cc(CN(C)CC(=O)NCCc2ccccc2)on1. The van der Waals surface area contributed by atoms with Crippen LogP contribution in [0.25, 0.3) is 0 Å². The number of nitrogens with zero attached hydrogens (tertiary/aromatic N) is 2. The predicted octanol–water partition coefficient (Wildman–Crippen LogP) is 1.77. The Balaban J connectivity index is 1.67. The van der Waals surface area contributed by atoms with Gasteiger partial charge >= 0.3 is 0 Å². The second kappa shape index (κ2) is 7.59. The van der Waals surface area contributed by atoms with Crippen molar-refractivity contribution in [3.05, 3.63) is 53.4 Å². The summed E-state index contributed by atoms with van der Waals surface area (Å²) in [5.41, 5.74) is 2.08. The van der Waals surface area contributed by atoms with Crippen LogP contribution in [-0.2, 0) is 17.8 Å². The predicted molar refractivity (Wildman–Crippen MR) is 80.7 cm³/mol. The Morgan fingerprint density at radius 3 is 2.76 bits per heavy atom. The van der Waals surface area contributed by atoms with Crippen LogP contribution in [0.5, 0.6) is 0 Å². The van der Waals surface area contributed by atoms with E-state index in [0.717, 1.165) is 17.9 Å². The van der Waals surface area contributed by atoms with Gasteiger partial charge in [-0.3, -0.25) is 9.69 Å². The molecule has 0 unspecified atom stereocenters. The van der Waals surface area contributed by atoms with Crippen LogP contribution in [0.15, 0.2) is 40.9 Å². The standard InChI is InChI=1S/C16H21N3O2/c1-13-10-15(21-18-13)11-19(2)12-16(20)17-9-8-14-6-4-3-5-7-14/h3-7,10H,8-9,11-12H2,1-2H3,(H,17,20). The number of hydrogen-bond acceptors (Lipinski definition) is 4. The minimum atomic E-state index is 0.0182. The van der Waals surface area contributed by atoms with Crippen LogP contribution in [0.3, 0.4) is 0 Å². The summed E-state index contributed by atoms with van der Waals surface area (Å²) in [6, 6.07) is 12.0. The molecule has 1 aromatic carbocycles. The Hall–Kier alpha value is -2.14. The van der Waals surface area contributed by atoms with Gasteiger partial charge in [-0.2, -0.15) is 0 Å². The Bertz CT molecular complexity index is 566. The molecule has 5 heteroatoms. The third kappa shape index (κ3) is 5.39. The number of rotatable bonds is 7. The molecule has 1 heterocycles. The molecule has 0 radical (unpaired) electrons. The first kappa shape index (κ1) is 15.3. The van der Waals surface area contributed by atoms with E-state index in [-0.39, 0.29) is 5.91 Å². The molecule has 0 aliphatic rings. The second-order valence-electron chi connectivity index (χ2n) is 5.19. The first-order chi connectivity index (χ1) is 10.1. The van der Waals surface area contributed by atoms with Crippen molar-refractivity contribution >= 4 is 5.91 Å². The number of nitrogens with one attached hydrogen (secondary N) is 1. The molecule has 1 N–H and O–H groups in total. The lowest BCUT2D eigenvalue weighted by atomic mass is 10.1. The van der Waals surface area contributed by atoms with Gasteiger partial charge in [-0.1, -0.05) is 35.5 Å². The van der Waals surface area contributed by atoms with E-state index in [1.165, 1.54) is 5.56 Å². The van der Waals surface area contributed by atoms with Gasteiger partial charge in [-0.05, 0) is 26.0 Å². The fraction of sp³-hybridized carbons (Fsp3) is 0.375. The molecule has 2 aromatic rings. The van der Waals surface area contributed by atoms with Crippen molar-refractivity contribution in [3.63, 3.8) is 0 Å². The number of hydrogen-bond donors (Lipinski definition) is 1. The molecular formula is C16H21N3O2. The van der Waals surface area contributed by atoms with Crippen LogP contribution in [-0.4, -0.2) is 36.1 Å². The van der Waals surface area contributed by atoms with E-state index in [2.05, 4.69) is 22.6 Å². The summed E-state index contributed by atoms with van der Waals surface area (Å²) in [5.74, 6) is 0.789. The summed E-state index contributed by atoms with van der Waals surface area (Å²) >= 11 is 0. The summed E-state index contributed by atoms with van der Waals surface area (Å²) in [4.78, 5) is 13.7. The second-order valence-corrected chi connectivity index (χ2v) is 5.19. The van der Waals surface area contributed by atoms with Crippen LogP contribution >= 0.6 is 0 Å². The van der Waals surface area contributed by atoms with Crippen LogP contribution in [0.4, 0.5) is 0 Å². The lowest BCUT2D eigenvalue weighted by Crippen LogP contribution is -2.35. The van der Waals surface area contributed by atoms with Crippen molar-refractivity contribution in [2.45, 2.75) is 19.9 Å². The first-order valence-corrected chi connectivity index (χ1v) is 7.05. The van der Waals surface area contributed by atoms with E-state index in [9.17, 15) is 4.79 Å². The molecule has 0 fully saturated rings. The molecule has 112 valence electrons. The fourth-order valence-electron chi connectivity index (χ4n) is 2.10. The van der Waals surface area contributed by atoms with E-state index < -0.39 is 0 Å². The quantitative estimate of drug-likeness (QED) is 0.843. The topological polar surface area (TPSA) is 58.4 Å². The molecule has 0 aliphatic heterocycles. The zero-order valence-electron chi connectivity index (χ0n) is 12.5. The van der Waals surface area contributed by atoms with E-state index >= 15 is 0 Å². The highest BCUT2D eigenvalue weighted by atomic mass is 16.5. The van der Waals surface area contributed by atoms with Gasteiger partial charge in [-0.25, -0.2) is 0 Å². The maximum absolute atomic E-state index is 11.8. The van der Waals surface area contributed by atoms with Crippen LogP contribution in [0.2, 0.25) is 0 Å². The fourth-order valence-corrected chi connectivity index (χ4v) is 2.10. The van der Waals surface area contributed by atoms with Gasteiger partial charge < -0.3 is 9.84 Å². The Morgan fingerprint density at radius 2 is 2.10 bits per heavy atom. The van der Waals surface area contributed by atoms with Gasteiger partial charge in [-0.15, -0.1) is 0 Å². The highest BCUT2D eigenvalue weighted by Crippen LogP contribution is 2.04. The summed E-state index contributed by atoms with van der Waals surface area (Å²) in [6.07, 6.45) is 0.845. The summed E-state index contributed by atoms with van der Waals surface area (Å²) in [6.45, 7) is 3.45. The molecule has 0 saturated heterocycles. The molecule has 0 saturated carbocycles. The summed E-state index contributed by atoms with van der Waals surface area (Å²) < 4.78 is 5.13. The number of carbonyl (C=O) groups excluding carboxylic acids is 1. The molecule has 1 amide bonds. The van der Waals surface area contributed by atoms with Gasteiger partial charge in [0, 0.05) is 12.6 Å². The zero-order chi connectivity index (χ0) is 15.1. The maximum Gasteiger partial charge on any atom is 0.234 e. The molecule has 0 bridgehead atoms. The average Bonchev–Trinajstić information content (AvgIpc) is 2.85. The molecule has 5 nitrogen and oxygen atoms in total. The minimum absolute atomic E-state index is 0.0182. The van der Waals surface area contributed by atoms with Crippen molar-refractivity contribution < 1.29 is 9.32 Å². The van der Waals surface area contributed by atoms with Crippen LogP contribution in [0, 0.1) is 6.92 Å². The maximum atomic E-state index is 11.8. The van der Waals surface area contributed by atoms with Gasteiger partial charge in [0.2, 0.25) is 5.91 Å². The smallest absolute Gasteiger partial charge is 0.234 e. The van der Waals surface area contributed by atoms with E-state index in [1.54, 1.807) is 0 Å². The Morgan fingerprint density at radius 1 is 1.33 bits per heavy atom. The number of carbonyl (C=O) groups is 1. The van der Waals surface area contributed by atoms with Crippen LogP contribution < -0.4 is 5.32 Å². The molecular weight excluding hydrogens is 266 g/mol. The van der Waals surface area contributed by atoms with Gasteiger partial charge in [0.05, 0.1) is 18.8 Å². The highest BCUT2D eigenvalue weighted by Gasteiger charge is 2.09. The molecule has 2 rings (SSSR count). The number of amides is 1. The average molecular weight is 287 g/mol. The lowest BCUT2D eigenvalue weighted by molar-refractivity contribution is -0.122. The zero-order valence-corrected chi connectivity index (χ0v) is 12.5. The molecule has 0 atom stereocenters. The summed E-state index contributed by atoms with van der Waals surface area (Å²) in [5, 5.41) is 6.76. The van der Waals surface area contributed by atoms with Crippen LogP contribution in [0.1, 0.15) is 17.0 Å².